The first-order chi connectivity index (χ1) is 13.1. The summed E-state index contributed by atoms with van der Waals surface area (Å²) in [5.41, 5.74) is 0.993. The van der Waals surface area contributed by atoms with Gasteiger partial charge in [-0.1, -0.05) is 6.07 Å². The molecule has 2 N–H and O–H groups in total. The molecule has 3 aromatic heterocycles. The number of nitrogens with one attached hydrogen (secondary N) is 2. The predicted molar refractivity (Wildman–Crippen MR) is 100 cm³/mol. The molecule has 0 aliphatic heterocycles. The molecule has 2 atom stereocenters. The number of halogens is 1. The van der Waals surface area contributed by atoms with Crippen molar-refractivity contribution in [1.29, 1.82) is 0 Å². The molecule has 1 fully saturated rings. The number of pyridine rings is 2. The van der Waals surface area contributed by atoms with Crippen molar-refractivity contribution < 1.29 is 14.0 Å². The molecule has 2 amide bonds. The quantitative estimate of drug-likeness (QED) is 0.709. The second kappa shape index (κ2) is 7.40. The van der Waals surface area contributed by atoms with E-state index in [9.17, 15) is 14.0 Å². The number of rotatable bonds is 5. The van der Waals surface area contributed by atoms with Gasteiger partial charge >= 0.3 is 0 Å². The summed E-state index contributed by atoms with van der Waals surface area (Å²) in [5, 5.41) is 8.19. The average molecular weight is 384 g/mol. The third-order valence-electron chi connectivity index (χ3n) is 4.81. The molecule has 3 aromatic rings. The summed E-state index contributed by atoms with van der Waals surface area (Å²) < 4.78 is 13.5. The maximum Gasteiger partial charge on any atom is 0.269 e. The number of hydrogen-bond acceptors (Lipinski definition) is 5. The van der Waals surface area contributed by atoms with Gasteiger partial charge in [-0.25, -0.2) is 9.37 Å². The lowest BCUT2D eigenvalue weighted by Gasteiger charge is -2.37. The van der Waals surface area contributed by atoms with E-state index in [0.29, 0.717) is 17.8 Å². The highest BCUT2D eigenvalue weighted by Gasteiger charge is 2.33. The molecule has 0 aromatic carbocycles. The molecule has 0 saturated heterocycles. The van der Waals surface area contributed by atoms with Crippen molar-refractivity contribution in [3.63, 3.8) is 0 Å². The van der Waals surface area contributed by atoms with E-state index in [-0.39, 0.29) is 22.7 Å². The van der Waals surface area contributed by atoms with Crippen molar-refractivity contribution in [2.45, 2.75) is 18.9 Å². The maximum atomic E-state index is 13.5. The van der Waals surface area contributed by atoms with Crippen LogP contribution in [0.3, 0.4) is 0 Å². The molecule has 4 rings (SSSR count). The molecule has 27 heavy (non-hydrogen) atoms. The minimum atomic E-state index is -0.501. The van der Waals surface area contributed by atoms with Gasteiger partial charge in [0.2, 0.25) is 0 Å². The molecule has 138 valence electrons. The minimum Gasteiger partial charge on any atom is -0.350 e. The van der Waals surface area contributed by atoms with Gasteiger partial charge in [0, 0.05) is 24.2 Å². The first kappa shape index (κ1) is 17.5. The number of nitrogens with zero attached hydrogens (tertiary/aromatic N) is 2. The summed E-state index contributed by atoms with van der Waals surface area (Å²) in [7, 11) is 0. The largest absolute Gasteiger partial charge is 0.350 e. The van der Waals surface area contributed by atoms with Gasteiger partial charge in [-0.2, -0.15) is 0 Å². The van der Waals surface area contributed by atoms with Gasteiger partial charge in [-0.15, -0.1) is 11.3 Å². The van der Waals surface area contributed by atoms with Gasteiger partial charge < -0.3 is 10.6 Å². The minimum absolute atomic E-state index is 0.0620. The fourth-order valence-electron chi connectivity index (χ4n) is 3.10. The molecule has 0 unspecified atom stereocenters. The molecule has 8 heteroatoms. The predicted octanol–water partition coefficient (Wildman–Crippen LogP) is 2.77. The summed E-state index contributed by atoms with van der Waals surface area (Å²) in [6, 6.07) is 6.57. The van der Waals surface area contributed by atoms with Crippen molar-refractivity contribution in [3.8, 4) is 0 Å². The molecule has 1 aliphatic carbocycles. The van der Waals surface area contributed by atoms with Crippen LogP contribution in [0.5, 0.6) is 0 Å². The lowest BCUT2D eigenvalue weighted by Crippen LogP contribution is -2.50. The molecule has 0 bridgehead atoms. The third-order valence-corrected chi connectivity index (χ3v) is 5.70. The second-order valence-electron chi connectivity index (χ2n) is 6.49. The monoisotopic (exact) mass is 384 g/mol. The molecule has 1 saturated carbocycles. The van der Waals surface area contributed by atoms with Crippen LogP contribution in [0.2, 0.25) is 0 Å². The Balaban J connectivity index is 1.33. The highest BCUT2D eigenvalue weighted by atomic mass is 32.1. The number of aromatic nitrogens is 2. The van der Waals surface area contributed by atoms with E-state index in [1.807, 2.05) is 12.1 Å². The summed E-state index contributed by atoms with van der Waals surface area (Å²) in [4.78, 5) is 32.9. The topological polar surface area (TPSA) is 84.0 Å². The van der Waals surface area contributed by atoms with Crippen LogP contribution in [-0.2, 0) is 0 Å². The first-order valence-corrected chi connectivity index (χ1v) is 9.52. The Bertz CT molecular complexity index is 1010. The number of amides is 2. The third kappa shape index (κ3) is 3.66. The Morgan fingerprint density at radius 2 is 2.07 bits per heavy atom. The molecular weight excluding hydrogens is 367 g/mol. The van der Waals surface area contributed by atoms with Crippen molar-refractivity contribution >= 4 is 34.1 Å². The SMILES string of the molecule is O=C(NC[C@@H]1CC[C@H]1NC(=O)c1sccc1F)c1ccc2ccncc2n1. The van der Waals surface area contributed by atoms with Gasteiger partial charge in [-0.3, -0.25) is 14.6 Å². The normalized spacial score (nSPS) is 18.7. The Hall–Kier alpha value is -2.87. The van der Waals surface area contributed by atoms with Crippen molar-refractivity contribution in [2.24, 2.45) is 5.92 Å². The molecule has 3 heterocycles. The highest BCUT2D eigenvalue weighted by molar-refractivity contribution is 7.12. The summed E-state index contributed by atoms with van der Waals surface area (Å²) >= 11 is 1.08. The van der Waals surface area contributed by atoms with E-state index >= 15 is 0 Å². The average Bonchev–Trinajstić information content (AvgIpc) is 3.10. The van der Waals surface area contributed by atoms with Gasteiger partial charge in [-0.05, 0) is 42.3 Å². The van der Waals surface area contributed by atoms with E-state index in [4.69, 9.17) is 0 Å². The van der Waals surface area contributed by atoms with Crippen LogP contribution in [0.25, 0.3) is 10.9 Å². The van der Waals surface area contributed by atoms with E-state index in [0.717, 1.165) is 29.6 Å². The van der Waals surface area contributed by atoms with Crippen LogP contribution in [0.15, 0.2) is 42.0 Å². The van der Waals surface area contributed by atoms with Gasteiger partial charge in [0.25, 0.3) is 11.8 Å². The van der Waals surface area contributed by atoms with Crippen LogP contribution in [0.1, 0.15) is 33.0 Å². The zero-order chi connectivity index (χ0) is 18.8. The molecule has 1 aliphatic rings. The Morgan fingerprint density at radius 3 is 2.81 bits per heavy atom. The van der Waals surface area contributed by atoms with E-state index < -0.39 is 11.7 Å². The number of fused-ring (bicyclic) bond motifs is 1. The smallest absolute Gasteiger partial charge is 0.269 e. The van der Waals surface area contributed by atoms with E-state index in [1.165, 1.54) is 6.07 Å². The van der Waals surface area contributed by atoms with E-state index in [1.54, 1.807) is 23.8 Å². The highest BCUT2D eigenvalue weighted by Crippen LogP contribution is 2.28. The van der Waals surface area contributed by atoms with Crippen LogP contribution < -0.4 is 10.6 Å². The Morgan fingerprint density at radius 1 is 1.19 bits per heavy atom. The second-order valence-corrected chi connectivity index (χ2v) is 7.41. The lowest BCUT2D eigenvalue weighted by molar-refractivity contribution is 0.0858. The first-order valence-electron chi connectivity index (χ1n) is 8.64. The number of carbonyl (C=O) groups excluding carboxylic acids is 2. The zero-order valence-corrected chi connectivity index (χ0v) is 15.1. The van der Waals surface area contributed by atoms with Crippen molar-refractivity contribution in [2.75, 3.05) is 6.54 Å². The van der Waals surface area contributed by atoms with Crippen LogP contribution >= 0.6 is 11.3 Å². The van der Waals surface area contributed by atoms with Gasteiger partial charge in [0.15, 0.2) is 0 Å². The van der Waals surface area contributed by atoms with Gasteiger partial charge in [0.05, 0.1) is 11.7 Å². The maximum absolute atomic E-state index is 13.5. The molecule has 0 radical (unpaired) electrons. The fourth-order valence-corrected chi connectivity index (χ4v) is 3.77. The molecular formula is C19H17FN4O2S. The van der Waals surface area contributed by atoms with E-state index in [2.05, 4.69) is 20.6 Å². The number of carbonyl (C=O) groups is 2. The summed E-state index contributed by atoms with van der Waals surface area (Å²) in [6.45, 7) is 0.434. The Kier molecular flexibility index (Phi) is 4.81. The molecule has 6 nitrogen and oxygen atoms in total. The fraction of sp³-hybridized carbons (Fsp3) is 0.263. The van der Waals surface area contributed by atoms with Gasteiger partial charge in [0.1, 0.15) is 16.4 Å². The van der Waals surface area contributed by atoms with Crippen LogP contribution in [0.4, 0.5) is 4.39 Å². The zero-order valence-electron chi connectivity index (χ0n) is 14.3. The Labute approximate surface area is 158 Å². The molecule has 0 spiro atoms. The van der Waals surface area contributed by atoms with Crippen LogP contribution in [0, 0.1) is 11.7 Å². The number of hydrogen-bond donors (Lipinski definition) is 2. The number of thiophene rings is 1. The lowest BCUT2D eigenvalue weighted by atomic mass is 9.79. The standard InChI is InChI=1S/C19H17FN4O2S/c20-13-6-8-27-17(13)19(26)24-14-3-2-12(14)9-22-18(25)15-4-1-11-5-7-21-10-16(11)23-15/h1,4-8,10,12,14H,2-3,9H2,(H,22,25)(H,24,26)/t12-,14+/m0/s1. The summed E-state index contributed by atoms with van der Waals surface area (Å²) in [5.74, 6) is -1.03. The summed E-state index contributed by atoms with van der Waals surface area (Å²) in [6.07, 6.45) is 5.01. The van der Waals surface area contributed by atoms with Crippen molar-refractivity contribution in [1.82, 2.24) is 20.6 Å². The van der Waals surface area contributed by atoms with Crippen LogP contribution in [-0.4, -0.2) is 34.4 Å². The van der Waals surface area contributed by atoms with Crippen molar-refractivity contribution in [3.05, 3.63) is 58.4 Å².